The van der Waals surface area contributed by atoms with Gasteiger partial charge in [-0.05, 0) is 39.7 Å². The molecule has 0 fully saturated rings. The third kappa shape index (κ3) is 5.47. The zero-order valence-corrected chi connectivity index (χ0v) is 11.0. The Morgan fingerprint density at radius 1 is 1.31 bits per heavy atom. The molecule has 4 heteroatoms. The Morgan fingerprint density at radius 3 is 2.50 bits per heavy atom. The van der Waals surface area contributed by atoms with E-state index in [1.807, 2.05) is 6.92 Å². The second-order valence-electron chi connectivity index (χ2n) is 4.14. The second kappa shape index (κ2) is 8.53. The average Bonchev–Trinajstić information content (AvgIpc) is 2.32. The largest absolute Gasteiger partial charge is 0.468 e. The van der Waals surface area contributed by atoms with Crippen molar-refractivity contribution in [2.75, 3.05) is 27.4 Å². The van der Waals surface area contributed by atoms with Gasteiger partial charge in [0, 0.05) is 13.2 Å². The highest BCUT2D eigenvalue weighted by Gasteiger charge is 2.31. The minimum absolute atomic E-state index is 0.204. The molecule has 0 amide bonds. The van der Waals surface area contributed by atoms with E-state index in [9.17, 15) is 4.79 Å². The van der Waals surface area contributed by atoms with Crippen LogP contribution in [-0.2, 0) is 14.3 Å². The van der Waals surface area contributed by atoms with Crippen molar-refractivity contribution < 1.29 is 14.3 Å². The van der Waals surface area contributed by atoms with Crippen LogP contribution in [0.3, 0.4) is 0 Å². The Morgan fingerprint density at radius 2 is 2.00 bits per heavy atom. The molecule has 0 saturated heterocycles. The fourth-order valence-corrected chi connectivity index (χ4v) is 1.48. The third-order valence-electron chi connectivity index (χ3n) is 2.75. The van der Waals surface area contributed by atoms with Crippen LogP contribution in [0.15, 0.2) is 0 Å². The molecule has 1 atom stereocenters. The summed E-state index contributed by atoms with van der Waals surface area (Å²) in [7, 11) is 3.20. The molecule has 4 nitrogen and oxygen atoms in total. The summed E-state index contributed by atoms with van der Waals surface area (Å²) in [6.45, 7) is 5.55. The molecule has 96 valence electrons. The molecule has 0 radical (unpaired) electrons. The minimum atomic E-state index is -0.570. The van der Waals surface area contributed by atoms with E-state index in [-0.39, 0.29) is 5.97 Å². The molecule has 0 aliphatic heterocycles. The molecule has 1 N–H and O–H groups in total. The smallest absolute Gasteiger partial charge is 0.325 e. The molecule has 0 aromatic carbocycles. The van der Waals surface area contributed by atoms with Gasteiger partial charge in [0.2, 0.25) is 0 Å². The first-order chi connectivity index (χ1) is 7.60. The van der Waals surface area contributed by atoms with Crippen molar-refractivity contribution in [3.05, 3.63) is 0 Å². The molecule has 0 rings (SSSR count). The van der Waals surface area contributed by atoms with Crippen molar-refractivity contribution in [3.8, 4) is 0 Å². The normalized spacial score (nSPS) is 14.5. The molecule has 0 heterocycles. The van der Waals surface area contributed by atoms with Crippen molar-refractivity contribution in [2.24, 2.45) is 0 Å². The highest BCUT2D eigenvalue weighted by Crippen LogP contribution is 2.15. The molecular formula is C12H25NO3. The number of hydrogen-bond acceptors (Lipinski definition) is 4. The number of unbranched alkanes of at least 4 members (excludes halogenated alkanes) is 1. The van der Waals surface area contributed by atoms with E-state index in [0.29, 0.717) is 0 Å². The van der Waals surface area contributed by atoms with E-state index >= 15 is 0 Å². The van der Waals surface area contributed by atoms with Crippen molar-refractivity contribution >= 4 is 5.97 Å². The van der Waals surface area contributed by atoms with Crippen LogP contribution in [0.5, 0.6) is 0 Å². The Balaban J connectivity index is 3.74. The van der Waals surface area contributed by atoms with Crippen LogP contribution in [-0.4, -0.2) is 38.9 Å². The number of carbonyl (C=O) groups excluding carboxylic acids is 1. The van der Waals surface area contributed by atoms with E-state index in [4.69, 9.17) is 9.47 Å². The Kier molecular flexibility index (Phi) is 8.21. The molecule has 1 unspecified atom stereocenters. The Labute approximate surface area is 98.7 Å². The molecule has 16 heavy (non-hydrogen) atoms. The van der Waals surface area contributed by atoms with Gasteiger partial charge in [-0.25, -0.2) is 0 Å². The quantitative estimate of drug-likeness (QED) is 0.485. The van der Waals surface area contributed by atoms with Crippen LogP contribution in [0.2, 0.25) is 0 Å². The lowest BCUT2D eigenvalue weighted by molar-refractivity contribution is -0.148. The lowest BCUT2D eigenvalue weighted by atomic mass is 9.95. The third-order valence-corrected chi connectivity index (χ3v) is 2.75. The molecule has 0 spiro atoms. The van der Waals surface area contributed by atoms with Gasteiger partial charge in [0.15, 0.2) is 0 Å². The Hall–Kier alpha value is -0.610. The number of nitrogens with one attached hydrogen (secondary N) is 1. The molecule has 0 aromatic heterocycles. The monoisotopic (exact) mass is 231 g/mol. The molecule has 0 bridgehead atoms. The number of esters is 1. The van der Waals surface area contributed by atoms with Crippen LogP contribution in [0.25, 0.3) is 0 Å². The number of rotatable bonds is 9. The zero-order chi connectivity index (χ0) is 12.4. The van der Waals surface area contributed by atoms with Crippen LogP contribution in [0.1, 0.15) is 39.5 Å². The second-order valence-corrected chi connectivity index (χ2v) is 4.14. The van der Waals surface area contributed by atoms with Crippen molar-refractivity contribution in [2.45, 2.75) is 45.1 Å². The highest BCUT2D eigenvalue weighted by atomic mass is 16.5. The summed E-state index contributed by atoms with van der Waals surface area (Å²) in [5.74, 6) is -0.204. The van der Waals surface area contributed by atoms with E-state index in [1.54, 1.807) is 7.05 Å². The maximum absolute atomic E-state index is 11.5. The van der Waals surface area contributed by atoms with Crippen molar-refractivity contribution in [1.82, 2.24) is 5.32 Å². The molecule has 0 aliphatic carbocycles. The first-order valence-electron chi connectivity index (χ1n) is 5.95. The number of carbonyl (C=O) groups is 1. The predicted octanol–water partition coefficient (Wildman–Crippen LogP) is 1.73. The van der Waals surface area contributed by atoms with Gasteiger partial charge >= 0.3 is 5.97 Å². The summed E-state index contributed by atoms with van der Waals surface area (Å²) >= 11 is 0. The van der Waals surface area contributed by atoms with Crippen molar-refractivity contribution in [3.63, 3.8) is 0 Å². The summed E-state index contributed by atoms with van der Waals surface area (Å²) in [6.07, 6.45) is 3.76. The van der Waals surface area contributed by atoms with Gasteiger partial charge in [0.1, 0.15) is 5.54 Å². The van der Waals surface area contributed by atoms with E-state index in [2.05, 4.69) is 12.2 Å². The van der Waals surface area contributed by atoms with Gasteiger partial charge in [-0.3, -0.25) is 4.79 Å². The van der Waals surface area contributed by atoms with Gasteiger partial charge in [-0.15, -0.1) is 0 Å². The summed E-state index contributed by atoms with van der Waals surface area (Å²) < 4.78 is 10.2. The van der Waals surface area contributed by atoms with Crippen LogP contribution >= 0.6 is 0 Å². The molecule has 0 aromatic rings. The first kappa shape index (κ1) is 15.4. The van der Waals surface area contributed by atoms with E-state index in [0.717, 1.165) is 38.9 Å². The topological polar surface area (TPSA) is 47.6 Å². The number of methoxy groups -OCH3 is 1. The van der Waals surface area contributed by atoms with Gasteiger partial charge in [0.25, 0.3) is 0 Å². The number of likely N-dealkylation sites (N-methyl/N-ethyl adjacent to an activating group) is 1. The molecular weight excluding hydrogens is 206 g/mol. The maximum Gasteiger partial charge on any atom is 0.325 e. The zero-order valence-electron chi connectivity index (χ0n) is 11.0. The minimum Gasteiger partial charge on any atom is -0.468 e. The SMILES string of the molecule is CCCOCCCCC(C)(NC)C(=O)OC. The number of hydrogen-bond donors (Lipinski definition) is 1. The summed E-state index contributed by atoms with van der Waals surface area (Å²) in [4.78, 5) is 11.5. The first-order valence-corrected chi connectivity index (χ1v) is 5.95. The Bertz CT molecular complexity index is 197. The van der Waals surface area contributed by atoms with Crippen LogP contribution in [0, 0.1) is 0 Å². The lowest BCUT2D eigenvalue weighted by Gasteiger charge is -2.25. The predicted molar refractivity (Wildman–Crippen MR) is 64.4 cm³/mol. The lowest BCUT2D eigenvalue weighted by Crippen LogP contribution is -2.48. The highest BCUT2D eigenvalue weighted by molar-refractivity contribution is 5.80. The van der Waals surface area contributed by atoms with Crippen LogP contribution in [0.4, 0.5) is 0 Å². The average molecular weight is 231 g/mol. The van der Waals surface area contributed by atoms with Gasteiger partial charge in [-0.1, -0.05) is 6.92 Å². The van der Waals surface area contributed by atoms with Gasteiger partial charge < -0.3 is 14.8 Å². The van der Waals surface area contributed by atoms with E-state index in [1.165, 1.54) is 7.11 Å². The molecule has 0 saturated carbocycles. The summed E-state index contributed by atoms with van der Waals surface area (Å²) in [5.41, 5.74) is -0.570. The molecule has 0 aliphatic rings. The fourth-order valence-electron chi connectivity index (χ4n) is 1.48. The van der Waals surface area contributed by atoms with Crippen LogP contribution < -0.4 is 5.32 Å². The van der Waals surface area contributed by atoms with E-state index < -0.39 is 5.54 Å². The maximum atomic E-state index is 11.5. The number of ether oxygens (including phenoxy) is 2. The van der Waals surface area contributed by atoms with Crippen molar-refractivity contribution in [1.29, 1.82) is 0 Å². The summed E-state index contributed by atoms with van der Waals surface area (Å²) in [5, 5.41) is 3.02. The van der Waals surface area contributed by atoms with Gasteiger partial charge in [0.05, 0.1) is 7.11 Å². The summed E-state index contributed by atoms with van der Waals surface area (Å²) in [6, 6.07) is 0. The standard InChI is InChI=1S/C12H25NO3/c1-5-9-16-10-7-6-8-12(2,13-3)11(14)15-4/h13H,5-10H2,1-4H3. The fraction of sp³-hybridized carbons (Fsp3) is 0.917. The van der Waals surface area contributed by atoms with Gasteiger partial charge in [-0.2, -0.15) is 0 Å².